The highest BCUT2D eigenvalue weighted by molar-refractivity contribution is 7.10. The van der Waals surface area contributed by atoms with Crippen molar-refractivity contribution < 1.29 is 9.90 Å². The summed E-state index contributed by atoms with van der Waals surface area (Å²) in [6.07, 6.45) is 2.12. The molecule has 1 aliphatic rings. The monoisotopic (exact) mass is 281 g/mol. The van der Waals surface area contributed by atoms with E-state index in [1.165, 1.54) is 4.88 Å². The van der Waals surface area contributed by atoms with Crippen LogP contribution in [0.1, 0.15) is 44.5 Å². The molecule has 1 N–H and O–H groups in total. The zero-order valence-corrected chi connectivity index (χ0v) is 12.7. The summed E-state index contributed by atoms with van der Waals surface area (Å²) >= 11 is 1.78. The Morgan fingerprint density at radius 3 is 2.89 bits per heavy atom. The summed E-state index contributed by atoms with van der Waals surface area (Å²) in [7, 11) is 0. The van der Waals surface area contributed by atoms with E-state index in [-0.39, 0.29) is 5.92 Å². The molecule has 1 saturated heterocycles. The summed E-state index contributed by atoms with van der Waals surface area (Å²) < 4.78 is 0. The van der Waals surface area contributed by atoms with Crippen LogP contribution in [0, 0.1) is 11.3 Å². The maximum atomic E-state index is 11.4. The molecule has 2 atom stereocenters. The third kappa shape index (κ3) is 3.00. The molecule has 0 spiro atoms. The van der Waals surface area contributed by atoms with Gasteiger partial charge in [-0.15, -0.1) is 11.3 Å². The Morgan fingerprint density at radius 1 is 1.58 bits per heavy atom. The van der Waals surface area contributed by atoms with E-state index in [0.29, 0.717) is 6.04 Å². The molecule has 2 heterocycles. The molecular weight excluding hydrogens is 258 g/mol. The lowest BCUT2D eigenvalue weighted by molar-refractivity contribution is -0.151. The number of carbonyl (C=O) groups is 1. The molecular formula is C15H23NO2S. The van der Waals surface area contributed by atoms with E-state index in [2.05, 4.69) is 29.3 Å². The first-order valence-electron chi connectivity index (χ1n) is 6.93. The van der Waals surface area contributed by atoms with Crippen LogP contribution in [-0.4, -0.2) is 29.1 Å². The number of carboxylic acids is 1. The number of carboxylic acid groups (broad SMARTS) is 1. The number of nitrogens with zero attached hydrogens (tertiary/aromatic N) is 1. The van der Waals surface area contributed by atoms with E-state index in [1.54, 1.807) is 11.3 Å². The van der Waals surface area contributed by atoms with Crippen molar-refractivity contribution in [2.45, 2.75) is 39.7 Å². The van der Waals surface area contributed by atoms with Gasteiger partial charge < -0.3 is 5.11 Å². The largest absolute Gasteiger partial charge is 0.481 e. The molecule has 106 valence electrons. The standard InChI is InChI=1S/C15H23NO2S/c1-11(13-7-5-9-19-13)16-8-4-6-12(10-16)15(2,3)14(17)18/h5,7,9,11-12H,4,6,8,10H2,1-3H3,(H,17,18). The van der Waals surface area contributed by atoms with Gasteiger partial charge in [0, 0.05) is 17.5 Å². The summed E-state index contributed by atoms with van der Waals surface area (Å²) in [5, 5.41) is 11.5. The Kier molecular flexibility index (Phi) is 4.31. The third-order valence-corrected chi connectivity index (χ3v) is 5.57. The minimum absolute atomic E-state index is 0.237. The molecule has 0 aliphatic carbocycles. The fraction of sp³-hybridized carbons (Fsp3) is 0.667. The van der Waals surface area contributed by atoms with Crippen molar-refractivity contribution in [3.63, 3.8) is 0 Å². The Labute approximate surface area is 119 Å². The molecule has 1 aromatic heterocycles. The Balaban J connectivity index is 2.07. The van der Waals surface area contributed by atoms with Crippen LogP contribution in [0.3, 0.4) is 0 Å². The number of likely N-dealkylation sites (tertiary alicyclic amines) is 1. The Morgan fingerprint density at radius 2 is 2.32 bits per heavy atom. The number of rotatable bonds is 4. The van der Waals surface area contributed by atoms with Crippen LogP contribution in [-0.2, 0) is 4.79 Å². The molecule has 1 aliphatic heterocycles. The number of piperidine rings is 1. The van der Waals surface area contributed by atoms with Crippen molar-refractivity contribution in [2.24, 2.45) is 11.3 Å². The molecule has 4 heteroatoms. The topological polar surface area (TPSA) is 40.5 Å². The molecule has 0 amide bonds. The average molecular weight is 281 g/mol. The summed E-state index contributed by atoms with van der Waals surface area (Å²) in [4.78, 5) is 15.2. The van der Waals surface area contributed by atoms with Crippen LogP contribution in [0.25, 0.3) is 0 Å². The van der Waals surface area contributed by atoms with Gasteiger partial charge >= 0.3 is 5.97 Å². The van der Waals surface area contributed by atoms with Crippen LogP contribution in [0.4, 0.5) is 0 Å². The number of hydrogen-bond acceptors (Lipinski definition) is 3. The predicted molar refractivity (Wildman–Crippen MR) is 78.4 cm³/mol. The minimum atomic E-state index is -0.678. The molecule has 0 saturated carbocycles. The lowest BCUT2D eigenvalue weighted by Gasteiger charge is -2.41. The molecule has 19 heavy (non-hydrogen) atoms. The average Bonchev–Trinajstić information content (AvgIpc) is 2.91. The molecule has 0 aromatic carbocycles. The van der Waals surface area contributed by atoms with E-state index in [9.17, 15) is 9.90 Å². The van der Waals surface area contributed by atoms with E-state index in [1.807, 2.05) is 13.8 Å². The fourth-order valence-corrected chi connectivity index (χ4v) is 3.65. The van der Waals surface area contributed by atoms with Gasteiger partial charge in [0.05, 0.1) is 5.41 Å². The SMILES string of the molecule is CC(c1cccs1)N1CCCC(C(C)(C)C(=O)O)C1. The van der Waals surface area contributed by atoms with Crippen molar-refractivity contribution >= 4 is 17.3 Å². The maximum Gasteiger partial charge on any atom is 0.309 e. The highest BCUT2D eigenvalue weighted by Gasteiger charge is 2.39. The van der Waals surface area contributed by atoms with Crippen molar-refractivity contribution in [3.8, 4) is 0 Å². The first-order chi connectivity index (χ1) is 8.93. The summed E-state index contributed by atoms with van der Waals surface area (Å²) in [5.41, 5.74) is -0.631. The third-order valence-electron chi connectivity index (χ3n) is 4.53. The van der Waals surface area contributed by atoms with Gasteiger partial charge in [-0.2, -0.15) is 0 Å². The Hall–Kier alpha value is -0.870. The van der Waals surface area contributed by atoms with Crippen LogP contribution >= 0.6 is 11.3 Å². The number of hydrogen-bond donors (Lipinski definition) is 1. The van der Waals surface area contributed by atoms with Crippen LogP contribution < -0.4 is 0 Å². The maximum absolute atomic E-state index is 11.4. The first kappa shape index (κ1) is 14.5. The summed E-state index contributed by atoms with van der Waals surface area (Å²) in [6.45, 7) is 7.91. The molecule has 1 fully saturated rings. The zero-order chi connectivity index (χ0) is 14.0. The van der Waals surface area contributed by atoms with Gasteiger partial charge in [-0.25, -0.2) is 0 Å². The fourth-order valence-electron chi connectivity index (χ4n) is 2.83. The molecule has 2 unspecified atom stereocenters. The summed E-state index contributed by atoms with van der Waals surface area (Å²) in [6, 6.07) is 4.65. The summed E-state index contributed by atoms with van der Waals surface area (Å²) in [5.74, 6) is -0.440. The minimum Gasteiger partial charge on any atom is -0.481 e. The van der Waals surface area contributed by atoms with E-state index < -0.39 is 11.4 Å². The Bertz CT molecular complexity index is 427. The van der Waals surface area contributed by atoms with Gasteiger partial charge in [-0.3, -0.25) is 9.69 Å². The zero-order valence-electron chi connectivity index (χ0n) is 11.9. The molecule has 1 aromatic rings. The molecule has 2 rings (SSSR count). The second kappa shape index (κ2) is 5.63. The van der Waals surface area contributed by atoms with Crippen molar-refractivity contribution in [1.82, 2.24) is 4.90 Å². The van der Waals surface area contributed by atoms with Crippen molar-refractivity contribution in [2.75, 3.05) is 13.1 Å². The molecule has 0 bridgehead atoms. The lowest BCUT2D eigenvalue weighted by Crippen LogP contribution is -2.45. The molecule has 3 nitrogen and oxygen atoms in total. The molecule has 0 radical (unpaired) electrons. The van der Waals surface area contributed by atoms with Gasteiger partial charge in [0.15, 0.2) is 0 Å². The van der Waals surface area contributed by atoms with Gasteiger partial charge in [-0.05, 0) is 57.5 Å². The van der Waals surface area contributed by atoms with E-state index in [0.717, 1.165) is 25.9 Å². The van der Waals surface area contributed by atoms with E-state index >= 15 is 0 Å². The smallest absolute Gasteiger partial charge is 0.309 e. The second-order valence-electron chi connectivity index (χ2n) is 6.05. The highest BCUT2D eigenvalue weighted by Crippen LogP contribution is 2.37. The highest BCUT2D eigenvalue weighted by atomic mass is 32.1. The van der Waals surface area contributed by atoms with Gasteiger partial charge in [0.25, 0.3) is 0 Å². The van der Waals surface area contributed by atoms with Crippen LogP contribution in [0.5, 0.6) is 0 Å². The van der Waals surface area contributed by atoms with Gasteiger partial charge in [0.2, 0.25) is 0 Å². The predicted octanol–water partition coefficient (Wildman–Crippen LogP) is 3.63. The quantitative estimate of drug-likeness (QED) is 0.916. The number of aliphatic carboxylic acids is 1. The van der Waals surface area contributed by atoms with E-state index in [4.69, 9.17) is 0 Å². The first-order valence-corrected chi connectivity index (χ1v) is 7.81. The van der Waals surface area contributed by atoms with Crippen molar-refractivity contribution in [3.05, 3.63) is 22.4 Å². The van der Waals surface area contributed by atoms with Gasteiger partial charge in [0.1, 0.15) is 0 Å². The normalized spacial score (nSPS) is 23.2. The van der Waals surface area contributed by atoms with Gasteiger partial charge in [-0.1, -0.05) is 6.07 Å². The number of thiophene rings is 1. The lowest BCUT2D eigenvalue weighted by atomic mass is 9.74. The van der Waals surface area contributed by atoms with Crippen molar-refractivity contribution in [1.29, 1.82) is 0 Å². The van der Waals surface area contributed by atoms with Crippen LogP contribution in [0.2, 0.25) is 0 Å². The van der Waals surface area contributed by atoms with Crippen LogP contribution in [0.15, 0.2) is 17.5 Å². The second-order valence-corrected chi connectivity index (χ2v) is 7.03.